The van der Waals surface area contributed by atoms with E-state index in [0.717, 1.165) is 4.88 Å². The van der Waals surface area contributed by atoms with Gasteiger partial charge in [0.2, 0.25) is 0 Å². The molecule has 166 valence electrons. The fraction of sp³-hybridized carbons (Fsp3) is 0.440. The van der Waals surface area contributed by atoms with Crippen molar-refractivity contribution in [2.24, 2.45) is 17.8 Å². The zero-order chi connectivity index (χ0) is 22.2. The number of unbranched alkanes of at least 4 members (excludes halogenated alkanes) is 1. The van der Waals surface area contributed by atoms with Gasteiger partial charge in [0.05, 0.1) is 6.10 Å². The molecule has 0 radical (unpaired) electrons. The van der Waals surface area contributed by atoms with E-state index >= 15 is 0 Å². The first kappa shape index (κ1) is 23.4. The molecule has 2 aromatic rings. The van der Waals surface area contributed by atoms with Crippen LogP contribution in [0.4, 0.5) is 0 Å². The largest absolute Gasteiger partial charge is 0.481 e. The maximum Gasteiger partial charge on any atom is 0.303 e. The second kappa shape index (κ2) is 11.4. The number of Topliss-reactive ketones (excluding diaryl/α,β-unsaturated/α-hetero) is 1. The normalized spacial score (nSPS) is 22.8. The molecular formula is C25H30O5S. The number of benzene rings is 1. The molecule has 1 aliphatic rings. The molecular weight excluding hydrogens is 412 g/mol. The van der Waals surface area contributed by atoms with Crippen LogP contribution < -0.4 is 0 Å². The molecule has 1 heterocycles. The number of aliphatic hydroxyl groups is 2. The Morgan fingerprint density at radius 1 is 1.26 bits per heavy atom. The van der Waals surface area contributed by atoms with Crippen LogP contribution in [0.3, 0.4) is 0 Å². The van der Waals surface area contributed by atoms with E-state index in [1.165, 1.54) is 10.1 Å². The topological polar surface area (TPSA) is 94.8 Å². The van der Waals surface area contributed by atoms with Gasteiger partial charge in [-0.2, -0.15) is 0 Å². The Hall–Kier alpha value is -2.28. The van der Waals surface area contributed by atoms with E-state index in [1.807, 2.05) is 30.4 Å². The first-order valence-corrected chi connectivity index (χ1v) is 11.6. The number of carbonyl (C=O) groups excluding carboxylic acids is 1. The minimum absolute atomic E-state index is 0.0496. The fourth-order valence-electron chi connectivity index (χ4n) is 4.26. The summed E-state index contributed by atoms with van der Waals surface area (Å²) in [6.07, 6.45) is 9.75. The van der Waals surface area contributed by atoms with Crippen LogP contribution in [0, 0.1) is 17.8 Å². The third-order valence-corrected chi connectivity index (χ3v) is 7.02. The maximum absolute atomic E-state index is 12.5. The van der Waals surface area contributed by atoms with Gasteiger partial charge in [0.1, 0.15) is 5.78 Å². The zero-order valence-corrected chi connectivity index (χ0v) is 18.3. The molecule has 0 saturated heterocycles. The highest BCUT2D eigenvalue weighted by Gasteiger charge is 2.39. The van der Waals surface area contributed by atoms with Gasteiger partial charge in [0.25, 0.3) is 0 Å². The average Bonchev–Trinajstić information content (AvgIpc) is 3.28. The highest BCUT2D eigenvalue weighted by Crippen LogP contribution is 2.38. The van der Waals surface area contributed by atoms with E-state index in [0.29, 0.717) is 32.1 Å². The van der Waals surface area contributed by atoms with Crippen molar-refractivity contribution in [1.82, 2.24) is 0 Å². The number of allylic oxidation sites excluding steroid dienone is 3. The molecule has 0 aliphatic heterocycles. The lowest BCUT2D eigenvalue weighted by Gasteiger charge is -2.18. The number of hydrogen-bond acceptors (Lipinski definition) is 5. The number of aliphatic carboxylic acids is 1. The van der Waals surface area contributed by atoms with Crippen LogP contribution in [0.25, 0.3) is 10.1 Å². The average molecular weight is 443 g/mol. The van der Waals surface area contributed by atoms with Crippen molar-refractivity contribution in [3.05, 3.63) is 59.5 Å². The van der Waals surface area contributed by atoms with Crippen LogP contribution in [0.2, 0.25) is 0 Å². The summed E-state index contributed by atoms with van der Waals surface area (Å²) in [6, 6.07) is 10.2. The van der Waals surface area contributed by atoms with E-state index in [2.05, 4.69) is 18.2 Å². The molecule has 3 N–H and O–H groups in total. The summed E-state index contributed by atoms with van der Waals surface area (Å²) in [4.78, 5) is 24.2. The van der Waals surface area contributed by atoms with Gasteiger partial charge in [0.15, 0.2) is 0 Å². The van der Waals surface area contributed by atoms with E-state index in [9.17, 15) is 19.8 Å². The van der Waals surface area contributed by atoms with Crippen LogP contribution in [-0.4, -0.2) is 39.8 Å². The summed E-state index contributed by atoms with van der Waals surface area (Å²) < 4.78 is 1.20. The Morgan fingerprint density at radius 2 is 2.06 bits per heavy atom. The number of hydrogen-bond donors (Lipinski definition) is 3. The predicted molar refractivity (Wildman–Crippen MR) is 123 cm³/mol. The summed E-state index contributed by atoms with van der Waals surface area (Å²) in [5.41, 5.74) is 0. The van der Waals surface area contributed by atoms with Crippen LogP contribution in [0.15, 0.2) is 54.6 Å². The lowest BCUT2D eigenvalue weighted by molar-refractivity contribution is -0.137. The second-order valence-electron chi connectivity index (χ2n) is 8.20. The molecule has 1 fully saturated rings. The Morgan fingerprint density at radius 3 is 2.81 bits per heavy atom. The van der Waals surface area contributed by atoms with Crippen molar-refractivity contribution in [2.45, 2.75) is 44.6 Å². The summed E-state index contributed by atoms with van der Waals surface area (Å²) >= 11 is 1.68. The van der Waals surface area contributed by atoms with Crippen molar-refractivity contribution in [3.63, 3.8) is 0 Å². The van der Waals surface area contributed by atoms with Crippen LogP contribution in [0.5, 0.6) is 0 Å². The zero-order valence-electron chi connectivity index (χ0n) is 17.5. The smallest absolute Gasteiger partial charge is 0.303 e. The van der Waals surface area contributed by atoms with Crippen LogP contribution in [0.1, 0.15) is 37.0 Å². The van der Waals surface area contributed by atoms with E-state index in [4.69, 9.17) is 5.11 Å². The van der Waals surface area contributed by atoms with Gasteiger partial charge in [0, 0.05) is 41.4 Å². The van der Waals surface area contributed by atoms with Gasteiger partial charge in [-0.05, 0) is 48.6 Å². The number of ketones is 1. The molecule has 1 aliphatic carbocycles. The van der Waals surface area contributed by atoms with Gasteiger partial charge >= 0.3 is 5.97 Å². The number of thiophene rings is 1. The minimum atomic E-state index is -0.801. The number of carboxylic acids is 1. The summed E-state index contributed by atoms with van der Waals surface area (Å²) in [6.45, 7) is -0.0496. The van der Waals surface area contributed by atoms with Gasteiger partial charge in [-0.15, -0.1) is 11.3 Å². The van der Waals surface area contributed by atoms with Gasteiger partial charge in [-0.25, -0.2) is 0 Å². The molecule has 0 spiro atoms. The molecule has 1 saturated carbocycles. The molecule has 5 nitrogen and oxygen atoms in total. The van der Waals surface area contributed by atoms with Crippen molar-refractivity contribution in [1.29, 1.82) is 0 Å². The Kier molecular flexibility index (Phi) is 8.58. The highest BCUT2D eigenvalue weighted by atomic mass is 32.1. The van der Waals surface area contributed by atoms with E-state index in [-0.39, 0.29) is 36.6 Å². The summed E-state index contributed by atoms with van der Waals surface area (Å²) in [5, 5.41) is 30.1. The summed E-state index contributed by atoms with van der Waals surface area (Å²) in [7, 11) is 0. The molecule has 1 aromatic heterocycles. The molecule has 1 aromatic carbocycles. The van der Waals surface area contributed by atoms with Gasteiger partial charge in [-0.3, -0.25) is 9.59 Å². The van der Waals surface area contributed by atoms with E-state index < -0.39 is 12.1 Å². The molecule has 0 bridgehead atoms. The monoisotopic (exact) mass is 442 g/mol. The van der Waals surface area contributed by atoms with Crippen molar-refractivity contribution >= 4 is 33.2 Å². The first-order valence-electron chi connectivity index (χ1n) is 10.8. The SMILES string of the molecule is O=C(O)CCC/C=C\C[C@H]1C(=O)C[C@@H](CO)C1/C=C/C(O)Cc1cc2ccccc2s1. The van der Waals surface area contributed by atoms with Crippen molar-refractivity contribution in [3.8, 4) is 0 Å². The fourth-order valence-corrected chi connectivity index (χ4v) is 5.37. The summed E-state index contributed by atoms with van der Waals surface area (Å²) in [5.74, 6) is -1.09. The molecule has 6 heteroatoms. The van der Waals surface area contributed by atoms with Crippen LogP contribution >= 0.6 is 11.3 Å². The Balaban J connectivity index is 1.58. The molecule has 3 rings (SSSR count). The number of carbonyl (C=O) groups is 2. The van der Waals surface area contributed by atoms with E-state index in [1.54, 1.807) is 17.4 Å². The molecule has 0 amide bonds. The standard InChI is InChI=1S/C25H30O5S/c26-16-18-14-23(28)22(8-3-1-2-4-10-25(29)30)21(18)12-11-19(27)15-20-13-17-7-5-6-9-24(17)31-20/h1,3,5-7,9,11-13,18-19,21-22,26-27H,2,4,8,10,14-16H2,(H,29,30)/b3-1-,12-11+/t18-,19?,21?,22+/m0/s1. The predicted octanol–water partition coefficient (Wildman–Crippen LogP) is 4.38. The quantitative estimate of drug-likeness (QED) is 0.355. The highest BCUT2D eigenvalue weighted by molar-refractivity contribution is 7.19. The van der Waals surface area contributed by atoms with Crippen molar-refractivity contribution < 1.29 is 24.9 Å². The second-order valence-corrected chi connectivity index (χ2v) is 9.37. The molecule has 2 unspecified atom stereocenters. The third kappa shape index (κ3) is 6.60. The first-order chi connectivity index (χ1) is 15.0. The molecule has 31 heavy (non-hydrogen) atoms. The molecule has 4 atom stereocenters. The Bertz CT molecular complexity index is 911. The maximum atomic E-state index is 12.5. The minimum Gasteiger partial charge on any atom is -0.481 e. The van der Waals surface area contributed by atoms with Gasteiger partial charge < -0.3 is 15.3 Å². The number of fused-ring (bicyclic) bond motifs is 1. The lowest BCUT2D eigenvalue weighted by atomic mass is 9.86. The Labute approximate surface area is 186 Å². The number of rotatable bonds is 11. The lowest BCUT2D eigenvalue weighted by Crippen LogP contribution is -2.18. The van der Waals surface area contributed by atoms with Crippen molar-refractivity contribution in [2.75, 3.05) is 6.61 Å². The van der Waals surface area contributed by atoms with Gasteiger partial charge in [-0.1, -0.05) is 42.5 Å². The number of aliphatic hydroxyl groups excluding tert-OH is 2. The third-order valence-electron chi connectivity index (χ3n) is 5.88. The van der Waals surface area contributed by atoms with Crippen LogP contribution in [-0.2, 0) is 16.0 Å². The number of carboxylic acid groups (broad SMARTS) is 1.